The summed E-state index contributed by atoms with van der Waals surface area (Å²) in [4.78, 5) is 28.8. The molecule has 2 heterocycles. The summed E-state index contributed by atoms with van der Waals surface area (Å²) in [6.45, 7) is 12.4. The van der Waals surface area contributed by atoms with Crippen molar-refractivity contribution < 1.29 is 4.79 Å². The van der Waals surface area contributed by atoms with Crippen molar-refractivity contribution in [3.05, 3.63) is 63.9 Å². The zero-order chi connectivity index (χ0) is 25.3. The first kappa shape index (κ1) is 25.0. The molecule has 0 radical (unpaired) electrons. The molecule has 0 aliphatic carbocycles. The van der Waals surface area contributed by atoms with Crippen molar-refractivity contribution in [1.29, 1.82) is 0 Å². The highest BCUT2D eigenvalue weighted by atomic mass is 32.2. The summed E-state index contributed by atoms with van der Waals surface area (Å²) in [5.74, 6) is 0.785. The van der Waals surface area contributed by atoms with Crippen molar-refractivity contribution in [2.75, 3.05) is 5.75 Å². The molecule has 0 fully saturated rings. The number of aromatic nitrogens is 4. The minimum atomic E-state index is -0.137. The Labute approximate surface area is 210 Å². The first-order chi connectivity index (χ1) is 16.8. The van der Waals surface area contributed by atoms with Gasteiger partial charge in [0.05, 0.1) is 22.3 Å². The number of hydrogen-bond donors (Lipinski definition) is 0. The van der Waals surface area contributed by atoms with E-state index in [1.165, 1.54) is 11.8 Å². The second-order valence-corrected chi connectivity index (χ2v) is 10.0. The molecule has 4 rings (SSSR count). The maximum absolute atomic E-state index is 13.6. The van der Waals surface area contributed by atoms with Gasteiger partial charge >= 0.3 is 0 Å². The molecule has 0 aliphatic heterocycles. The quantitative estimate of drug-likeness (QED) is 0.318. The Kier molecular flexibility index (Phi) is 7.31. The third kappa shape index (κ3) is 4.47. The van der Waals surface area contributed by atoms with Crippen molar-refractivity contribution in [3.63, 3.8) is 0 Å². The van der Waals surface area contributed by atoms with E-state index < -0.39 is 0 Å². The summed E-state index contributed by atoms with van der Waals surface area (Å²) in [5.41, 5.74) is 3.48. The van der Waals surface area contributed by atoms with E-state index in [2.05, 4.69) is 37.9 Å². The lowest BCUT2D eigenvalue weighted by atomic mass is 10.1. The molecule has 2 atom stereocenters. The number of hydrogen-bond acceptors (Lipinski definition) is 5. The molecule has 0 spiro atoms. The van der Waals surface area contributed by atoms with Gasteiger partial charge in [0, 0.05) is 12.1 Å². The van der Waals surface area contributed by atoms with Crippen LogP contribution in [0.25, 0.3) is 22.4 Å². The first-order valence-electron chi connectivity index (χ1n) is 12.2. The van der Waals surface area contributed by atoms with Gasteiger partial charge in [-0.15, -0.1) is 10.2 Å². The SMILES string of the molecule is CCC(C)N(C(=O)CSc1nnc2n(-c3cccc(C)c3C)c(=O)c3ccccc3n12)C(C)CC. The molecule has 1 amide bonds. The predicted octanol–water partition coefficient (Wildman–Crippen LogP) is 5.17. The van der Waals surface area contributed by atoms with Crippen LogP contribution in [0.2, 0.25) is 0 Å². The van der Waals surface area contributed by atoms with E-state index >= 15 is 0 Å². The molecular formula is C27H33N5O2S. The largest absolute Gasteiger partial charge is 0.337 e. The number of fused-ring (bicyclic) bond motifs is 3. The van der Waals surface area contributed by atoms with Gasteiger partial charge in [-0.25, -0.2) is 4.57 Å². The fraction of sp³-hybridized carbons (Fsp3) is 0.407. The van der Waals surface area contributed by atoms with Gasteiger partial charge in [-0.05, 0) is 69.9 Å². The Morgan fingerprint density at radius 2 is 1.69 bits per heavy atom. The summed E-state index contributed by atoms with van der Waals surface area (Å²) >= 11 is 1.36. The van der Waals surface area contributed by atoms with Crippen molar-refractivity contribution in [2.45, 2.75) is 71.6 Å². The number of rotatable bonds is 8. The molecule has 0 N–H and O–H groups in total. The van der Waals surface area contributed by atoms with Gasteiger partial charge in [0.15, 0.2) is 5.16 Å². The van der Waals surface area contributed by atoms with Crippen LogP contribution in [0.15, 0.2) is 52.4 Å². The van der Waals surface area contributed by atoms with Gasteiger partial charge in [-0.3, -0.25) is 14.0 Å². The second kappa shape index (κ2) is 10.2. The van der Waals surface area contributed by atoms with Crippen LogP contribution in [-0.4, -0.2) is 47.8 Å². The van der Waals surface area contributed by atoms with E-state index in [4.69, 9.17) is 0 Å². The molecule has 35 heavy (non-hydrogen) atoms. The van der Waals surface area contributed by atoms with Crippen LogP contribution >= 0.6 is 11.8 Å². The van der Waals surface area contributed by atoms with Gasteiger partial charge < -0.3 is 4.90 Å². The number of para-hydroxylation sites is 1. The summed E-state index contributed by atoms with van der Waals surface area (Å²) in [6.07, 6.45) is 1.81. The predicted molar refractivity (Wildman–Crippen MR) is 143 cm³/mol. The van der Waals surface area contributed by atoms with E-state index in [9.17, 15) is 9.59 Å². The Bertz CT molecular complexity index is 1430. The third-order valence-corrected chi connectivity index (χ3v) is 7.87. The lowest BCUT2D eigenvalue weighted by molar-refractivity contribution is -0.132. The van der Waals surface area contributed by atoms with Crippen LogP contribution in [0.1, 0.15) is 51.7 Å². The minimum Gasteiger partial charge on any atom is -0.337 e. The number of aryl methyl sites for hydroxylation is 1. The van der Waals surface area contributed by atoms with Crippen LogP contribution in [0, 0.1) is 13.8 Å². The number of carbonyl (C=O) groups is 1. The normalized spacial score (nSPS) is 13.3. The molecular weight excluding hydrogens is 458 g/mol. The third-order valence-electron chi connectivity index (χ3n) is 6.96. The summed E-state index contributed by atoms with van der Waals surface area (Å²) in [5, 5.41) is 10.0. The van der Waals surface area contributed by atoms with Gasteiger partial charge in [-0.2, -0.15) is 0 Å². The topological polar surface area (TPSA) is 72.5 Å². The summed E-state index contributed by atoms with van der Waals surface area (Å²) < 4.78 is 3.53. The molecule has 2 unspecified atom stereocenters. The lowest BCUT2D eigenvalue weighted by Gasteiger charge is -2.34. The molecule has 8 heteroatoms. The van der Waals surface area contributed by atoms with Crippen LogP contribution in [0.3, 0.4) is 0 Å². The molecule has 0 saturated heterocycles. The van der Waals surface area contributed by atoms with Gasteiger partial charge in [0.1, 0.15) is 0 Å². The highest BCUT2D eigenvalue weighted by Gasteiger charge is 2.25. The van der Waals surface area contributed by atoms with E-state index in [-0.39, 0.29) is 29.3 Å². The highest BCUT2D eigenvalue weighted by Crippen LogP contribution is 2.26. The second-order valence-electron chi connectivity index (χ2n) is 9.10. The van der Waals surface area contributed by atoms with E-state index in [0.717, 1.165) is 35.2 Å². The maximum atomic E-state index is 13.6. The van der Waals surface area contributed by atoms with Crippen LogP contribution in [0.4, 0.5) is 0 Å². The summed E-state index contributed by atoms with van der Waals surface area (Å²) in [6, 6.07) is 13.7. The Morgan fingerprint density at radius 3 is 2.37 bits per heavy atom. The molecule has 4 aromatic rings. The molecule has 0 saturated carbocycles. The van der Waals surface area contributed by atoms with E-state index in [1.54, 1.807) is 4.57 Å². The smallest absolute Gasteiger partial charge is 0.267 e. The van der Waals surface area contributed by atoms with Gasteiger partial charge in [0.2, 0.25) is 11.7 Å². The van der Waals surface area contributed by atoms with Gasteiger partial charge in [0.25, 0.3) is 5.56 Å². The fourth-order valence-electron chi connectivity index (χ4n) is 4.49. The van der Waals surface area contributed by atoms with Crippen molar-refractivity contribution in [1.82, 2.24) is 24.1 Å². The van der Waals surface area contributed by atoms with Crippen LogP contribution in [-0.2, 0) is 4.79 Å². The highest BCUT2D eigenvalue weighted by molar-refractivity contribution is 7.99. The Balaban J connectivity index is 1.83. The minimum absolute atomic E-state index is 0.0857. The monoisotopic (exact) mass is 491 g/mol. The van der Waals surface area contributed by atoms with E-state index in [0.29, 0.717) is 16.3 Å². The molecule has 184 valence electrons. The number of benzene rings is 2. The van der Waals surface area contributed by atoms with Gasteiger partial charge in [-0.1, -0.05) is 49.9 Å². The average Bonchev–Trinajstić information content (AvgIpc) is 3.29. The number of carbonyl (C=O) groups excluding carboxylic acids is 1. The van der Waals surface area contributed by atoms with Crippen molar-refractivity contribution in [2.24, 2.45) is 0 Å². The Hall–Kier alpha value is -3.13. The van der Waals surface area contributed by atoms with Crippen LogP contribution in [0.5, 0.6) is 0 Å². The summed E-state index contributed by atoms with van der Waals surface area (Å²) in [7, 11) is 0. The molecule has 0 bridgehead atoms. The standard InChI is InChI=1S/C27H33N5O2S/c1-7-18(4)30(19(5)8-2)24(33)16-35-27-29-28-26-31(22-15-11-12-17(3)20(22)6)25(34)21-13-9-10-14-23(21)32(26)27/h9-15,18-19H,7-8,16H2,1-6H3. The lowest BCUT2D eigenvalue weighted by Crippen LogP contribution is -2.45. The zero-order valence-electron chi connectivity index (χ0n) is 21.3. The number of nitrogens with zero attached hydrogens (tertiary/aromatic N) is 5. The average molecular weight is 492 g/mol. The molecule has 2 aromatic carbocycles. The number of amides is 1. The van der Waals surface area contributed by atoms with Crippen molar-refractivity contribution in [3.8, 4) is 5.69 Å². The Morgan fingerprint density at radius 1 is 1.00 bits per heavy atom. The molecule has 2 aromatic heterocycles. The number of thioether (sulfide) groups is 1. The van der Waals surface area contributed by atoms with E-state index in [1.807, 2.05) is 65.6 Å². The maximum Gasteiger partial charge on any atom is 0.267 e. The molecule has 0 aliphatic rings. The molecule has 7 nitrogen and oxygen atoms in total. The van der Waals surface area contributed by atoms with Crippen LogP contribution < -0.4 is 5.56 Å². The fourth-order valence-corrected chi connectivity index (χ4v) is 5.30. The first-order valence-corrected chi connectivity index (χ1v) is 13.2. The van der Waals surface area contributed by atoms with Crippen molar-refractivity contribution >= 4 is 34.3 Å². The zero-order valence-corrected chi connectivity index (χ0v) is 22.1.